The Morgan fingerprint density at radius 3 is 2.71 bits per heavy atom. The molecule has 1 atom stereocenters. The van der Waals surface area contributed by atoms with E-state index >= 15 is 0 Å². The highest BCUT2D eigenvalue weighted by Crippen LogP contribution is 2.28. The third-order valence-corrected chi connectivity index (χ3v) is 3.98. The number of rotatable bonds is 6. The van der Waals surface area contributed by atoms with E-state index in [1.54, 1.807) is 6.20 Å². The summed E-state index contributed by atoms with van der Waals surface area (Å²) in [5.74, 6) is 0.593. The molecular weight excluding hydrogens is 282 g/mol. The molecule has 2 rings (SSSR count). The molecule has 1 heterocycles. The molecule has 3 nitrogen and oxygen atoms in total. The number of nitrogen functional groups attached to an aromatic ring is 1. The summed E-state index contributed by atoms with van der Waals surface area (Å²) in [5.41, 5.74) is 9.45. The monoisotopic (exact) mass is 303 g/mol. The van der Waals surface area contributed by atoms with Crippen LogP contribution >= 0.6 is 11.6 Å². The number of aryl methyl sites for hydroxylation is 1. The first-order valence-electron chi connectivity index (χ1n) is 7.31. The minimum absolute atomic E-state index is 0.124. The minimum Gasteiger partial charge on any atom is -0.383 e. The topological polar surface area (TPSA) is 50.9 Å². The molecule has 0 saturated carbocycles. The maximum Gasteiger partial charge on any atom is 0.128 e. The van der Waals surface area contributed by atoms with Crippen molar-refractivity contribution in [2.45, 2.75) is 32.7 Å². The number of nitrogens with one attached hydrogen (secondary N) is 1. The zero-order valence-electron chi connectivity index (χ0n) is 12.6. The van der Waals surface area contributed by atoms with E-state index in [1.807, 2.05) is 24.3 Å². The number of nitrogens with zero attached hydrogens (tertiary/aromatic N) is 1. The van der Waals surface area contributed by atoms with E-state index in [4.69, 9.17) is 17.3 Å². The van der Waals surface area contributed by atoms with Gasteiger partial charge in [0.05, 0.1) is 0 Å². The summed E-state index contributed by atoms with van der Waals surface area (Å²) in [6.45, 7) is 5.16. The highest BCUT2D eigenvalue weighted by Gasteiger charge is 2.18. The van der Waals surface area contributed by atoms with Gasteiger partial charge < -0.3 is 11.1 Å². The third kappa shape index (κ3) is 3.96. The van der Waals surface area contributed by atoms with Gasteiger partial charge in [-0.1, -0.05) is 36.7 Å². The largest absolute Gasteiger partial charge is 0.383 e. The van der Waals surface area contributed by atoms with E-state index in [2.05, 4.69) is 30.2 Å². The second-order valence-electron chi connectivity index (χ2n) is 5.23. The Balaban J connectivity index is 2.32. The Labute approximate surface area is 131 Å². The Bertz CT molecular complexity index is 578. The number of benzene rings is 1. The molecule has 0 bridgehead atoms. The molecule has 1 aromatic heterocycles. The number of halogens is 1. The summed E-state index contributed by atoms with van der Waals surface area (Å²) in [7, 11) is 0. The highest BCUT2D eigenvalue weighted by molar-refractivity contribution is 6.31. The van der Waals surface area contributed by atoms with Gasteiger partial charge in [0, 0.05) is 22.8 Å². The molecule has 2 aromatic rings. The Kier molecular flexibility index (Phi) is 5.59. The van der Waals surface area contributed by atoms with Gasteiger partial charge >= 0.3 is 0 Å². The molecule has 4 heteroatoms. The SMILES string of the molecule is CCCNC(Cc1ccccc1Cl)c1c(C)ccnc1N. The molecule has 0 aliphatic heterocycles. The molecule has 0 aliphatic rings. The van der Waals surface area contributed by atoms with E-state index in [0.29, 0.717) is 5.82 Å². The zero-order chi connectivity index (χ0) is 15.2. The molecule has 0 spiro atoms. The normalized spacial score (nSPS) is 12.3. The van der Waals surface area contributed by atoms with Crippen LogP contribution in [0.2, 0.25) is 5.02 Å². The summed E-state index contributed by atoms with van der Waals surface area (Å²) < 4.78 is 0. The summed E-state index contributed by atoms with van der Waals surface area (Å²) in [5, 5.41) is 4.36. The number of hydrogen-bond acceptors (Lipinski definition) is 3. The predicted molar refractivity (Wildman–Crippen MR) is 89.6 cm³/mol. The molecule has 0 radical (unpaired) electrons. The lowest BCUT2D eigenvalue weighted by Crippen LogP contribution is -2.26. The fourth-order valence-corrected chi connectivity index (χ4v) is 2.74. The molecule has 1 aromatic carbocycles. The van der Waals surface area contributed by atoms with Crippen molar-refractivity contribution in [3.05, 3.63) is 58.2 Å². The number of nitrogens with two attached hydrogens (primary N) is 1. The van der Waals surface area contributed by atoms with E-state index in [9.17, 15) is 0 Å². The van der Waals surface area contributed by atoms with Crippen LogP contribution in [0, 0.1) is 6.92 Å². The molecule has 0 amide bonds. The molecule has 0 fully saturated rings. The average Bonchev–Trinajstić information content (AvgIpc) is 2.46. The van der Waals surface area contributed by atoms with Crippen LogP contribution in [0.4, 0.5) is 5.82 Å². The Hall–Kier alpha value is -1.58. The van der Waals surface area contributed by atoms with Crippen LogP contribution in [0.15, 0.2) is 36.5 Å². The van der Waals surface area contributed by atoms with Crippen LogP contribution in [0.3, 0.4) is 0 Å². The van der Waals surface area contributed by atoms with Gasteiger partial charge in [-0.3, -0.25) is 0 Å². The van der Waals surface area contributed by atoms with E-state index < -0.39 is 0 Å². The molecule has 21 heavy (non-hydrogen) atoms. The van der Waals surface area contributed by atoms with Crippen molar-refractivity contribution in [3.8, 4) is 0 Å². The van der Waals surface area contributed by atoms with Crippen molar-refractivity contribution in [1.82, 2.24) is 10.3 Å². The third-order valence-electron chi connectivity index (χ3n) is 3.61. The van der Waals surface area contributed by atoms with Gasteiger partial charge in [0.15, 0.2) is 0 Å². The van der Waals surface area contributed by atoms with Crippen molar-refractivity contribution in [1.29, 1.82) is 0 Å². The van der Waals surface area contributed by atoms with E-state index in [-0.39, 0.29) is 6.04 Å². The first-order chi connectivity index (χ1) is 10.1. The van der Waals surface area contributed by atoms with Gasteiger partial charge in [-0.2, -0.15) is 0 Å². The number of aromatic nitrogens is 1. The number of anilines is 1. The molecule has 0 saturated heterocycles. The quantitative estimate of drug-likeness (QED) is 0.850. The summed E-state index contributed by atoms with van der Waals surface area (Å²) in [4.78, 5) is 4.24. The maximum absolute atomic E-state index is 6.29. The molecule has 112 valence electrons. The maximum atomic E-state index is 6.29. The second kappa shape index (κ2) is 7.43. The van der Waals surface area contributed by atoms with Gasteiger partial charge in [-0.25, -0.2) is 4.98 Å². The molecule has 3 N–H and O–H groups in total. The van der Waals surface area contributed by atoms with Crippen molar-refractivity contribution >= 4 is 17.4 Å². The number of hydrogen-bond donors (Lipinski definition) is 2. The lowest BCUT2D eigenvalue weighted by atomic mass is 9.95. The van der Waals surface area contributed by atoms with Crippen LogP contribution in [0.25, 0.3) is 0 Å². The van der Waals surface area contributed by atoms with Crippen LogP contribution in [-0.4, -0.2) is 11.5 Å². The lowest BCUT2D eigenvalue weighted by molar-refractivity contribution is 0.527. The molecule has 0 aliphatic carbocycles. The predicted octanol–water partition coefficient (Wildman–Crippen LogP) is 3.91. The fourth-order valence-electron chi connectivity index (χ4n) is 2.52. The van der Waals surface area contributed by atoms with Gasteiger partial charge in [0.25, 0.3) is 0 Å². The summed E-state index contributed by atoms with van der Waals surface area (Å²) >= 11 is 6.29. The lowest BCUT2D eigenvalue weighted by Gasteiger charge is -2.22. The Morgan fingerprint density at radius 2 is 2.05 bits per heavy atom. The van der Waals surface area contributed by atoms with Gasteiger partial charge in [0.1, 0.15) is 5.82 Å². The molecular formula is C17H22ClN3. The van der Waals surface area contributed by atoms with Crippen molar-refractivity contribution in [2.75, 3.05) is 12.3 Å². The minimum atomic E-state index is 0.124. The standard InChI is InChI=1S/C17H22ClN3/c1-3-9-20-15(11-13-6-4-5-7-14(13)18)16-12(2)8-10-21-17(16)19/h4-8,10,15,20H,3,9,11H2,1-2H3,(H2,19,21). The number of pyridine rings is 1. The van der Waals surface area contributed by atoms with Gasteiger partial charge in [-0.05, 0) is 49.6 Å². The van der Waals surface area contributed by atoms with Crippen LogP contribution < -0.4 is 11.1 Å². The van der Waals surface area contributed by atoms with E-state index in [1.165, 1.54) is 0 Å². The van der Waals surface area contributed by atoms with E-state index in [0.717, 1.165) is 41.1 Å². The highest BCUT2D eigenvalue weighted by atomic mass is 35.5. The Morgan fingerprint density at radius 1 is 1.29 bits per heavy atom. The molecule has 1 unspecified atom stereocenters. The van der Waals surface area contributed by atoms with Crippen molar-refractivity contribution in [3.63, 3.8) is 0 Å². The van der Waals surface area contributed by atoms with Crippen molar-refractivity contribution < 1.29 is 0 Å². The average molecular weight is 304 g/mol. The summed E-state index contributed by atoms with van der Waals surface area (Å²) in [6, 6.07) is 10.1. The summed E-state index contributed by atoms with van der Waals surface area (Å²) in [6.07, 6.45) is 3.62. The smallest absolute Gasteiger partial charge is 0.128 e. The fraction of sp³-hybridized carbons (Fsp3) is 0.353. The van der Waals surface area contributed by atoms with Crippen LogP contribution in [0.1, 0.15) is 36.1 Å². The van der Waals surface area contributed by atoms with Crippen LogP contribution in [0.5, 0.6) is 0 Å². The first-order valence-corrected chi connectivity index (χ1v) is 7.69. The van der Waals surface area contributed by atoms with Crippen LogP contribution in [-0.2, 0) is 6.42 Å². The van der Waals surface area contributed by atoms with Gasteiger partial charge in [0.2, 0.25) is 0 Å². The second-order valence-corrected chi connectivity index (χ2v) is 5.64. The van der Waals surface area contributed by atoms with Crippen molar-refractivity contribution in [2.24, 2.45) is 0 Å². The zero-order valence-corrected chi connectivity index (χ0v) is 13.3. The van der Waals surface area contributed by atoms with Gasteiger partial charge in [-0.15, -0.1) is 0 Å². The first kappa shape index (κ1) is 15.8.